The first-order chi connectivity index (χ1) is 11.9. The number of pyridine rings is 1. The number of likely N-dealkylation sites (tertiary alicyclic amines) is 1. The number of carbonyl (C=O) groups is 1. The van der Waals surface area contributed by atoms with Crippen LogP contribution in [-0.4, -0.2) is 33.0 Å². The second-order valence-electron chi connectivity index (χ2n) is 7.46. The summed E-state index contributed by atoms with van der Waals surface area (Å²) in [7, 11) is 0. The lowest BCUT2D eigenvalue weighted by Gasteiger charge is -2.25. The Morgan fingerprint density at radius 2 is 2.16 bits per heavy atom. The third kappa shape index (κ3) is 4.45. The van der Waals surface area contributed by atoms with Gasteiger partial charge in [-0.05, 0) is 68.9 Å². The molecule has 1 atom stereocenters. The minimum atomic E-state index is -0.694. The molecule has 0 unspecified atom stereocenters. The largest absolute Gasteiger partial charge is 0.390 e. The Kier molecular flexibility index (Phi) is 5.19. The zero-order chi connectivity index (χ0) is 17.9. The molecule has 1 aromatic heterocycles. The highest BCUT2D eigenvalue weighted by molar-refractivity contribution is 5.94. The van der Waals surface area contributed by atoms with E-state index in [4.69, 9.17) is 0 Å². The van der Waals surface area contributed by atoms with Crippen molar-refractivity contribution in [3.05, 3.63) is 65.5 Å². The van der Waals surface area contributed by atoms with Crippen LogP contribution in [0.25, 0.3) is 0 Å². The number of carbonyl (C=O) groups excluding carboxylic acids is 1. The number of hydrogen-bond donors (Lipinski definition) is 1. The van der Waals surface area contributed by atoms with Crippen molar-refractivity contribution >= 4 is 5.91 Å². The molecule has 3 rings (SSSR count). The topological polar surface area (TPSA) is 53.4 Å². The van der Waals surface area contributed by atoms with Crippen molar-refractivity contribution < 1.29 is 9.90 Å². The molecule has 2 aromatic rings. The van der Waals surface area contributed by atoms with Crippen LogP contribution in [0.4, 0.5) is 0 Å². The average Bonchev–Trinajstić information content (AvgIpc) is 3.09. The number of aryl methyl sites for hydroxylation is 1. The molecule has 132 valence electrons. The first-order valence-corrected chi connectivity index (χ1v) is 8.96. The molecule has 0 radical (unpaired) electrons. The highest BCUT2D eigenvalue weighted by Gasteiger charge is 2.30. The van der Waals surface area contributed by atoms with Gasteiger partial charge in [0.15, 0.2) is 0 Å². The van der Waals surface area contributed by atoms with Crippen LogP contribution in [-0.2, 0) is 6.42 Å². The first-order valence-electron chi connectivity index (χ1n) is 8.96. The van der Waals surface area contributed by atoms with E-state index in [9.17, 15) is 9.90 Å². The Morgan fingerprint density at radius 3 is 2.88 bits per heavy atom. The van der Waals surface area contributed by atoms with E-state index in [2.05, 4.69) is 4.98 Å². The molecule has 4 nitrogen and oxygen atoms in total. The molecule has 2 heterocycles. The summed E-state index contributed by atoms with van der Waals surface area (Å²) in [6, 6.07) is 11.9. The van der Waals surface area contributed by atoms with Gasteiger partial charge in [0.1, 0.15) is 0 Å². The fourth-order valence-corrected chi connectivity index (χ4v) is 3.41. The normalized spacial score (nSPS) is 17.7. The second-order valence-corrected chi connectivity index (χ2v) is 7.46. The molecule has 4 heteroatoms. The van der Waals surface area contributed by atoms with Crippen LogP contribution in [0.3, 0.4) is 0 Å². The highest BCUT2D eigenvalue weighted by atomic mass is 16.3. The SMILES string of the molecule is CC(C)(O)CCc1cccc(C(=O)N2CCC[C@H]2c2cccnc2)c1. The van der Waals surface area contributed by atoms with Gasteiger partial charge in [-0.2, -0.15) is 0 Å². The number of nitrogens with zero attached hydrogens (tertiary/aromatic N) is 2. The Morgan fingerprint density at radius 1 is 1.32 bits per heavy atom. The summed E-state index contributed by atoms with van der Waals surface area (Å²) in [5.41, 5.74) is 2.22. The molecule has 1 fully saturated rings. The van der Waals surface area contributed by atoms with E-state index in [1.54, 1.807) is 6.20 Å². The third-order valence-electron chi connectivity index (χ3n) is 4.78. The van der Waals surface area contributed by atoms with Crippen molar-refractivity contribution in [3.63, 3.8) is 0 Å². The van der Waals surface area contributed by atoms with Crippen LogP contribution >= 0.6 is 0 Å². The van der Waals surface area contributed by atoms with Gasteiger partial charge in [-0.25, -0.2) is 0 Å². The Balaban J connectivity index is 1.76. The van der Waals surface area contributed by atoms with Gasteiger partial charge in [0.05, 0.1) is 11.6 Å². The van der Waals surface area contributed by atoms with Gasteiger partial charge in [0.2, 0.25) is 0 Å². The highest BCUT2D eigenvalue weighted by Crippen LogP contribution is 2.32. The van der Waals surface area contributed by atoms with Crippen LogP contribution in [0.15, 0.2) is 48.8 Å². The van der Waals surface area contributed by atoms with Crippen molar-refractivity contribution in [2.75, 3.05) is 6.54 Å². The predicted molar refractivity (Wildman–Crippen MR) is 98.3 cm³/mol. The zero-order valence-electron chi connectivity index (χ0n) is 15.0. The molecule has 1 aromatic carbocycles. The summed E-state index contributed by atoms with van der Waals surface area (Å²) in [5, 5.41) is 9.91. The lowest BCUT2D eigenvalue weighted by Crippen LogP contribution is -2.30. The standard InChI is InChI=1S/C21H26N2O2/c1-21(2,25)11-10-16-6-3-7-17(14-16)20(24)23-13-5-9-19(23)18-8-4-12-22-15-18/h3-4,6-8,12,14-15,19,25H,5,9-11,13H2,1-2H3/t19-/m0/s1. The first kappa shape index (κ1) is 17.6. The van der Waals surface area contributed by atoms with Crippen molar-refractivity contribution in [1.29, 1.82) is 0 Å². The van der Waals surface area contributed by atoms with Crippen molar-refractivity contribution in [1.82, 2.24) is 9.88 Å². The maximum atomic E-state index is 13.0. The minimum Gasteiger partial charge on any atom is -0.390 e. The molecule has 0 aliphatic carbocycles. The van der Waals surface area contributed by atoms with Crippen LogP contribution < -0.4 is 0 Å². The summed E-state index contributed by atoms with van der Waals surface area (Å²) in [4.78, 5) is 19.2. The summed E-state index contributed by atoms with van der Waals surface area (Å²) < 4.78 is 0. The number of hydrogen-bond acceptors (Lipinski definition) is 3. The number of benzene rings is 1. The fraction of sp³-hybridized carbons (Fsp3) is 0.429. The quantitative estimate of drug-likeness (QED) is 0.903. The fourth-order valence-electron chi connectivity index (χ4n) is 3.41. The lowest BCUT2D eigenvalue weighted by molar-refractivity contribution is 0.0714. The molecule has 1 aliphatic heterocycles. The van der Waals surface area contributed by atoms with Gasteiger partial charge < -0.3 is 10.0 Å². The summed E-state index contributed by atoms with van der Waals surface area (Å²) >= 11 is 0. The van der Waals surface area contributed by atoms with Crippen molar-refractivity contribution in [3.8, 4) is 0 Å². The number of amides is 1. The Bertz CT molecular complexity index is 722. The maximum Gasteiger partial charge on any atom is 0.254 e. The van der Waals surface area contributed by atoms with E-state index in [0.717, 1.165) is 42.5 Å². The van der Waals surface area contributed by atoms with E-state index < -0.39 is 5.60 Å². The molecule has 1 saturated heterocycles. The number of aromatic nitrogens is 1. The van der Waals surface area contributed by atoms with E-state index in [-0.39, 0.29) is 11.9 Å². The van der Waals surface area contributed by atoms with E-state index >= 15 is 0 Å². The number of aliphatic hydroxyl groups is 1. The van der Waals surface area contributed by atoms with E-state index in [1.807, 2.05) is 61.3 Å². The smallest absolute Gasteiger partial charge is 0.254 e. The van der Waals surface area contributed by atoms with Gasteiger partial charge in [-0.15, -0.1) is 0 Å². The van der Waals surface area contributed by atoms with Crippen LogP contribution in [0.5, 0.6) is 0 Å². The Labute approximate surface area is 149 Å². The molecule has 25 heavy (non-hydrogen) atoms. The molecule has 0 saturated carbocycles. The van der Waals surface area contributed by atoms with Gasteiger partial charge in [0, 0.05) is 24.5 Å². The second kappa shape index (κ2) is 7.36. The van der Waals surface area contributed by atoms with Crippen molar-refractivity contribution in [2.45, 2.75) is 51.2 Å². The molecule has 1 N–H and O–H groups in total. The molecule has 0 bridgehead atoms. The minimum absolute atomic E-state index is 0.0801. The Hall–Kier alpha value is -2.20. The average molecular weight is 338 g/mol. The molecule has 1 aliphatic rings. The maximum absolute atomic E-state index is 13.0. The third-order valence-corrected chi connectivity index (χ3v) is 4.78. The summed E-state index contributed by atoms with van der Waals surface area (Å²) in [6.45, 7) is 4.40. The molecular weight excluding hydrogens is 312 g/mol. The van der Waals surface area contributed by atoms with Gasteiger partial charge in [-0.1, -0.05) is 18.2 Å². The van der Waals surface area contributed by atoms with Crippen LogP contribution in [0.2, 0.25) is 0 Å². The zero-order valence-corrected chi connectivity index (χ0v) is 15.0. The van der Waals surface area contributed by atoms with E-state index in [1.165, 1.54) is 0 Å². The summed E-state index contributed by atoms with van der Waals surface area (Å²) in [6.07, 6.45) is 7.05. The van der Waals surface area contributed by atoms with Crippen molar-refractivity contribution in [2.24, 2.45) is 0 Å². The molecular formula is C21H26N2O2. The monoisotopic (exact) mass is 338 g/mol. The van der Waals surface area contributed by atoms with Gasteiger partial charge in [-0.3, -0.25) is 9.78 Å². The predicted octanol–water partition coefficient (Wildman–Crippen LogP) is 3.76. The van der Waals surface area contributed by atoms with E-state index in [0.29, 0.717) is 6.42 Å². The lowest BCUT2D eigenvalue weighted by atomic mass is 9.97. The molecule has 1 amide bonds. The summed E-state index contributed by atoms with van der Waals surface area (Å²) in [5.74, 6) is 0.0801. The van der Waals surface area contributed by atoms with Crippen LogP contribution in [0, 0.1) is 0 Å². The molecule has 0 spiro atoms. The van der Waals surface area contributed by atoms with Gasteiger partial charge >= 0.3 is 0 Å². The van der Waals surface area contributed by atoms with Gasteiger partial charge in [0.25, 0.3) is 5.91 Å². The van der Waals surface area contributed by atoms with Crippen LogP contribution in [0.1, 0.15) is 60.6 Å². The number of rotatable bonds is 5.